The van der Waals surface area contributed by atoms with E-state index in [1.165, 1.54) is 0 Å². The number of carbonyl (C=O) groups excluding carboxylic acids is 1. The maximum absolute atomic E-state index is 12.2. The van der Waals surface area contributed by atoms with E-state index in [4.69, 9.17) is 17.0 Å². The third-order valence-electron chi connectivity index (χ3n) is 3.08. The highest BCUT2D eigenvalue weighted by Crippen LogP contribution is 2.15. The average molecular weight is 292 g/mol. The third kappa shape index (κ3) is 3.93. The first-order chi connectivity index (χ1) is 9.56. The van der Waals surface area contributed by atoms with Gasteiger partial charge in [-0.1, -0.05) is 6.07 Å². The maximum atomic E-state index is 12.2. The molecule has 0 bridgehead atoms. The summed E-state index contributed by atoms with van der Waals surface area (Å²) in [6.07, 6.45) is 2.35. The number of nitrogens with zero attached hydrogens (tertiary/aromatic N) is 1. The number of hydrogen-bond acceptors (Lipinski definition) is 3. The van der Waals surface area contributed by atoms with Crippen LogP contribution in [0.25, 0.3) is 0 Å². The van der Waals surface area contributed by atoms with Gasteiger partial charge in [-0.05, 0) is 57.1 Å². The van der Waals surface area contributed by atoms with Gasteiger partial charge in [-0.2, -0.15) is 0 Å². The fraction of sp³-hybridized carbons (Fsp3) is 0.467. The zero-order valence-corrected chi connectivity index (χ0v) is 12.7. The molecule has 1 saturated heterocycles. The molecule has 1 aromatic carbocycles. The Hall–Kier alpha value is -1.62. The summed E-state index contributed by atoms with van der Waals surface area (Å²) < 4.78 is 5.59. The zero-order chi connectivity index (χ0) is 14.5. The molecule has 0 spiro atoms. The van der Waals surface area contributed by atoms with E-state index in [-0.39, 0.29) is 12.0 Å². The highest BCUT2D eigenvalue weighted by atomic mass is 32.1. The third-order valence-corrected chi connectivity index (χ3v) is 3.44. The SMILES string of the molecule is CC(C)Oc1cccc(C(=O)NC(=S)N2CCCC2)c1. The molecule has 0 radical (unpaired) electrons. The van der Waals surface area contributed by atoms with Crippen LogP contribution in [0.4, 0.5) is 0 Å². The van der Waals surface area contributed by atoms with E-state index in [1.807, 2.05) is 30.9 Å². The first kappa shape index (κ1) is 14.8. The van der Waals surface area contributed by atoms with Gasteiger partial charge in [0.1, 0.15) is 5.75 Å². The van der Waals surface area contributed by atoms with Crippen LogP contribution >= 0.6 is 12.2 Å². The highest BCUT2D eigenvalue weighted by molar-refractivity contribution is 7.80. The van der Waals surface area contributed by atoms with E-state index in [0.29, 0.717) is 16.4 Å². The molecule has 1 aromatic rings. The lowest BCUT2D eigenvalue weighted by Crippen LogP contribution is -2.41. The normalized spacial score (nSPS) is 14.4. The number of carbonyl (C=O) groups is 1. The summed E-state index contributed by atoms with van der Waals surface area (Å²) in [5.41, 5.74) is 0.560. The molecule has 20 heavy (non-hydrogen) atoms. The van der Waals surface area contributed by atoms with E-state index in [0.717, 1.165) is 25.9 Å². The second-order valence-electron chi connectivity index (χ2n) is 5.15. The van der Waals surface area contributed by atoms with Gasteiger partial charge in [0.05, 0.1) is 6.10 Å². The van der Waals surface area contributed by atoms with Crippen molar-refractivity contribution in [2.75, 3.05) is 13.1 Å². The molecule has 108 valence electrons. The minimum absolute atomic E-state index is 0.0824. The molecule has 1 heterocycles. The molecule has 0 saturated carbocycles. The summed E-state index contributed by atoms with van der Waals surface area (Å²) in [5.74, 6) is 0.510. The first-order valence-electron chi connectivity index (χ1n) is 6.93. The molecule has 1 amide bonds. The molecule has 1 aliphatic heterocycles. The Morgan fingerprint density at radius 1 is 1.35 bits per heavy atom. The zero-order valence-electron chi connectivity index (χ0n) is 11.9. The fourth-order valence-electron chi connectivity index (χ4n) is 2.15. The number of ether oxygens (including phenoxy) is 1. The second-order valence-corrected chi connectivity index (χ2v) is 5.53. The van der Waals surface area contributed by atoms with Crippen molar-refractivity contribution in [2.24, 2.45) is 0 Å². The number of likely N-dealkylation sites (tertiary alicyclic amines) is 1. The summed E-state index contributed by atoms with van der Waals surface area (Å²) in [6, 6.07) is 7.15. The number of rotatable bonds is 3. The van der Waals surface area contributed by atoms with Crippen LogP contribution in [-0.4, -0.2) is 35.1 Å². The molecule has 2 rings (SSSR count). The van der Waals surface area contributed by atoms with E-state index in [9.17, 15) is 4.79 Å². The van der Waals surface area contributed by atoms with Gasteiger partial charge < -0.3 is 9.64 Å². The standard InChI is InChI=1S/C15H20N2O2S/c1-11(2)19-13-7-5-6-12(10-13)14(18)16-15(20)17-8-3-4-9-17/h5-7,10-11H,3-4,8-9H2,1-2H3,(H,16,18,20). The Kier molecular flexibility index (Phi) is 4.95. The van der Waals surface area contributed by atoms with Crippen molar-refractivity contribution in [1.29, 1.82) is 0 Å². The molecular weight excluding hydrogens is 272 g/mol. The van der Waals surface area contributed by atoms with Crippen molar-refractivity contribution < 1.29 is 9.53 Å². The van der Waals surface area contributed by atoms with Crippen molar-refractivity contribution in [2.45, 2.75) is 32.8 Å². The van der Waals surface area contributed by atoms with Crippen LogP contribution in [-0.2, 0) is 0 Å². The number of amides is 1. The van der Waals surface area contributed by atoms with Gasteiger partial charge in [-0.3, -0.25) is 10.1 Å². The lowest BCUT2D eigenvalue weighted by atomic mass is 10.2. The predicted molar refractivity (Wildman–Crippen MR) is 83.1 cm³/mol. The Balaban J connectivity index is 1.99. The van der Waals surface area contributed by atoms with Gasteiger partial charge in [0, 0.05) is 18.7 Å². The lowest BCUT2D eigenvalue weighted by Gasteiger charge is -2.19. The van der Waals surface area contributed by atoms with Crippen LogP contribution in [0.15, 0.2) is 24.3 Å². The molecule has 5 heteroatoms. The number of thiocarbonyl (C=S) groups is 1. The average Bonchev–Trinajstić information content (AvgIpc) is 2.92. The summed E-state index contributed by atoms with van der Waals surface area (Å²) in [5, 5.41) is 3.30. The van der Waals surface area contributed by atoms with Gasteiger partial charge in [0.15, 0.2) is 5.11 Å². The Morgan fingerprint density at radius 3 is 2.70 bits per heavy atom. The number of hydrogen-bond donors (Lipinski definition) is 1. The van der Waals surface area contributed by atoms with Crippen molar-refractivity contribution in [3.63, 3.8) is 0 Å². The molecule has 4 nitrogen and oxygen atoms in total. The van der Waals surface area contributed by atoms with Crippen LogP contribution < -0.4 is 10.1 Å². The first-order valence-corrected chi connectivity index (χ1v) is 7.34. The predicted octanol–water partition coefficient (Wildman–Crippen LogP) is 2.58. The largest absolute Gasteiger partial charge is 0.491 e. The second kappa shape index (κ2) is 6.70. The Bertz CT molecular complexity index is 496. The van der Waals surface area contributed by atoms with E-state index >= 15 is 0 Å². The monoisotopic (exact) mass is 292 g/mol. The van der Waals surface area contributed by atoms with Crippen LogP contribution in [0, 0.1) is 0 Å². The maximum Gasteiger partial charge on any atom is 0.257 e. The van der Waals surface area contributed by atoms with Gasteiger partial charge in [0.25, 0.3) is 5.91 Å². The Morgan fingerprint density at radius 2 is 2.05 bits per heavy atom. The summed E-state index contributed by atoms with van der Waals surface area (Å²) in [6.45, 7) is 5.76. The Labute approximate surface area is 125 Å². The lowest BCUT2D eigenvalue weighted by molar-refractivity contribution is 0.0973. The van der Waals surface area contributed by atoms with Crippen molar-refractivity contribution in [3.05, 3.63) is 29.8 Å². The molecule has 1 aliphatic rings. The van der Waals surface area contributed by atoms with Gasteiger partial charge in [-0.15, -0.1) is 0 Å². The number of nitrogens with one attached hydrogen (secondary N) is 1. The highest BCUT2D eigenvalue weighted by Gasteiger charge is 2.17. The van der Waals surface area contributed by atoms with Crippen molar-refractivity contribution >= 4 is 23.2 Å². The molecule has 0 aliphatic carbocycles. The van der Waals surface area contributed by atoms with Gasteiger partial charge in [-0.25, -0.2) is 0 Å². The summed E-state index contributed by atoms with van der Waals surface area (Å²) in [4.78, 5) is 14.2. The van der Waals surface area contributed by atoms with Crippen LogP contribution in [0.5, 0.6) is 5.75 Å². The van der Waals surface area contributed by atoms with Gasteiger partial charge >= 0.3 is 0 Å². The number of benzene rings is 1. The van der Waals surface area contributed by atoms with Crippen LogP contribution in [0.2, 0.25) is 0 Å². The minimum Gasteiger partial charge on any atom is -0.491 e. The molecular formula is C15H20N2O2S. The van der Waals surface area contributed by atoms with E-state index in [1.54, 1.807) is 12.1 Å². The fourth-order valence-corrected chi connectivity index (χ4v) is 2.43. The van der Waals surface area contributed by atoms with E-state index < -0.39 is 0 Å². The minimum atomic E-state index is -0.184. The molecule has 0 aromatic heterocycles. The van der Waals surface area contributed by atoms with Crippen molar-refractivity contribution in [1.82, 2.24) is 10.2 Å². The van der Waals surface area contributed by atoms with Crippen LogP contribution in [0.1, 0.15) is 37.0 Å². The van der Waals surface area contributed by atoms with Crippen LogP contribution in [0.3, 0.4) is 0 Å². The smallest absolute Gasteiger partial charge is 0.257 e. The quantitative estimate of drug-likeness (QED) is 0.870. The molecule has 1 N–H and O–H groups in total. The summed E-state index contributed by atoms with van der Waals surface area (Å²) in [7, 11) is 0. The molecule has 0 unspecified atom stereocenters. The van der Waals surface area contributed by atoms with E-state index in [2.05, 4.69) is 5.32 Å². The topological polar surface area (TPSA) is 41.6 Å². The van der Waals surface area contributed by atoms with Crippen molar-refractivity contribution in [3.8, 4) is 5.75 Å². The summed E-state index contributed by atoms with van der Waals surface area (Å²) >= 11 is 5.26. The molecule has 1 fully saturated rings. The molecule has 0 atom stereocenters. The van der Waals surface area contributed by atoms with Gasteiger partial charge in [0.2, 0.25) is 0 Å².